The number of hydrogen-bond donors (Lipinski definition) is 1. The van der Waals surface area contributed by atoms with Crippen LogP contribution in [0.25, 0.3) is 0 Å². The van der Waals surface area contributed by atoms with Crippen LogP contribution >= 0.6 is 27.3 Å². The molecule has 1 N–H and O–H groups in total. The average molecular weight is 468 g/mol. The number of Topliss-reactive ketones (excluding diaryl/α,β-unsaturated/α-hetero) is 1. The summed E-state index contributed by atoms with van der Waals surface area (Å²) in [4.78, 5) is 29.6. The lowest BCUT2D eigenvalue weighted by atomic mass is 9.71. The van der Waals surface area contributed by atoms with Gasteiger partial charge in [0.05, 0.1) is 18.2 Å². The second-order valence-corrected chi connectivity index (χ2v) is 9.46. The minimum Gasteiger partial charge on any atom is -0.375 e. The fourth-order valence-corrected chi connectivity index (χ4v) is 5.58. The lowest BCUT2D eigenvalue weighted by molar-refractivity contribution is -0.140. The Morgan fingerprint density at radius 2 is 1.97 bits per heavy atom. The number of carbonyl (C=O) groups excluding carboxylic acids is 2. The number of thiophene rings is 1. The van der Waals surface area contributed by atoms with Gasteiger partial charge < -0.3 is 10.0 Å². The highest BCUT2D eigenvalue weighted by Gasteiger charge is 2.57. The summed E-state index contributed by atoms with van der Waals surface area (Å²) in [5.41, 5.74) is 0.902. The molecule has 4 nitrogen and oxygen atoms in total. The first-order chi connectivity index (χ1) is 14.0. The second-order valence-electron chi connectivity index (χ2n) is 7.51. The van der Waals surface area contributed by atoms with E-state index in [1.54, 1.807) is 28.4 Å². The number of carbonyl (C=O) groups is 2. The molecule has 3 aromatic rings. The Labute approximate surface area is 180 Å². The molecule has 1 amide bonds. The van der Waals surface area contributed by atoms with Gasteiger partial charge in [-0.3, -0.25) is 9.59 Å². The maximum Gasteiger partial charge on any atom is 0.264 e. The predicted octanol–water partition coefficient (Wildman–Crippen LogP) is 4.69. The standard InChI is InChI=1S/C23H18BrNO3S/c24-15-8-10-20-19(12-15)23(28,22(27)25(20)13-16-5-3-11-29-16)18-9-7-14-4-1-2-6-17(14)21(18)26/h1-6,8,10-12,18,28H,7,9,13H2/t18-,23+/m0/s1. The molecule has 0 spiro atoms. The SMILES string of the molecule is O=C1c2ccccc2CC[C@@H]1[C@]1(O)C(=O)N(Cc2cccs2)c2ccc(Br)cc21. The van der Waals surface area contributed by atoms with Crippen molar-refractivity contribution in [2.24, 2.45) is 5.92 Å². The molecule has 2 heterocycles. The molecule has 0 unspecified atom stereocenters. The highest BCUT2D eigenvalue weighted by molar-refractivity contribution is 9.10. The third-order valence-corrected chi connectivity index (χ3v) is 7.29. The van der Waals surface area contributed by atoms with Gasteiger partial charge in [0, 0.05) is 20.5 Å². The van der Waals surface area contributed by atoms with Gasteiger partial charge in [-0.1, -0.05) is 46.3 Å². The van der Waals surface area contributed by atoms with Crippen molar-refractivity contribution in [3.05, 3.63) is 86.0 Å². The molecule has 2 atom stereocenters. The Kier molecular flexibility index (Phi) is 4.46. The molecule has 29 heavy (non-hydrogen) atoms. The van der Waals surface area contributed by atoms with Crippen LogP contribution in [-0.2, 0) is 23.4 Å². The van der Waals surface area contributed by atoms with E-state index >= 15 is 0 Å². The molecule has 1 aliphatic heterocycles. The summed E-state index contributed by atoms with van der Waals surface area (Å²) in [5, 5.41) is 13.8. The van der Waals surface area contributed by atoms with Gasteiger partial charge in [0.2, 0.25) is 0 Å². The summed E-state index contributed by atoms with van der Waals surface area (Å²) in [6, 6.07) is 16.9. The normalized spacial score (nSPS) is 23.2. The molecule has 5 rings (SSSR count). The number of aliphatic hydroxyl groups is 1. The number of rotatable bonds is 3. The quantitative estimate of drug-likeness (QED) is 0.607. The minimum atomic E-state index is -1.86. The smallest absolute Gasteiger partial charge is 0.264 e. The van der Waals surface area contributed by atoms with Crippen molar-refractivity contribution in [1.29, 1.82) is 0 Å². The first-order valence-corrected chi connectivity index (χ1v) is 11.2. The van der Waals surface area contributed by atoms with Crippen molar-refractivity contribution in [1.82, 2.24) is 0 Å². The van der Waals surface area contributed by atoms with Gasteiger partial charge in [0.15, 0.2) is 11.4 Å². The van der Waals surface area contributed by atoms with Gasteiger partial charge in [-0.05, 0) is 48.1 Å². The second kappa shape index (κ2) is 6.90. The Balaban J connectivity index is 1.62. The first kappa shape index (κ1) is 18.7. The number of fused-ring (bicyclic) bond motifs is 2. The van der Waals surface area contributed by atoms with Gasteiger partial charge >= 0.3 is 0 Å². The van der Waals surface area contributed by atoms with E-state index in [1.165, 1.54) is 0 Å². The van der Waals surface area contributed by atoms with E-state index in [0.29, 0.717) is 36.2 Å². The Morgan fingerprint density at radius 1 is 1.14 bits per heavy atom. The van der Waals surface area contributed by atoms with E-state index in [0.717, 1.165) is 14.9 Å². The molecule has 0 bridgehead atoms. The van der Waals surface area contributed by atoms with Gasteiger partial charge in [-0.25, -0.2) is 0 Å². The highest BCUT2D eigenvalue weighted by atomic mass is 79.9. The lowest BCUT2D eigenvalue weighted by Gasteiger charge is -2.34. The zero-order chi connectivity index (χ0) is 20.2. The van der Waals surface area contributed by atoms with E-state index in [-0.39, 0.29) is 5.78 Å². The van der Waals surface area contributed by atoms with Crippen LogP contribution in [0.5, 0.6) is 0 Å². The zero-order valence-electron chi connectivity index (χ0n) is 15.5. The summed E-state index contributed by atoms with van der Waals surface area (Å²) in [5.74, 6) is -1.38. The molecule has 2 aliphatic rings. The van der Waals surface area contributed by atoms with Crippen molar-refractivity contribution in [3.63, 3.8) is 0 Å². The summed E-state index contributed by atoms with van der Waals surface area (Å²) in [6.07, 6.45) is 1.10. The number of hydrogen-bond acceptors (Lipinski definition) is 4. The number of benzene rings is 2. The molecule has 0 saturated heterocycles. The molecule has 0 saturated carbocycles. The van der Waals surface area contributed by atoms with E-state index in [1.807, 2.05) is 47.8 Å². The maximum atomic E-state index is 13.6. The largest absolute Gasteiger partial charge is 0.375 e. The molecule has 0 fully saturated rings. The number of amides is 1. The topological polar surface area (TPSA) is 57.6 Å². The number of anilines is 1. The van der Waals surface area contributed by atoms with E-state index in [9.17, 15) is 14.7 Å². The van der Waals surface area contributed by atoms with Crippen molar-refractivity contribution >= 4 is 44.6 Å². The molecule has 6 heteroatoms. The Bertz CT molecular complexity index is 1130. The fraction of sp³-hybridized carbons (Fsp3) is 0.217. The number of ketones is 1. The molecular formula is C23H18BrNO3S. The van der Waals surface area contributed by atoms with E-state index in [2.05, 4.69) is 15.9 Å². The van der Waals surface area contributed by atoms with Crippen LogP contribution in [0.1, 0.15) is 32.8 Å². The van der Waals surface area contributed by atoms with Crippen LogP contribution in [0.2, 0.25) is 0 Å². The van der Waals surface area contributed by atoms with Crippen LogP contribution in [0, 0.1) is 5.92 Å². The third kappa shape index (κ3) is 2.81. The first-order valence-electron chi connectivity index (χ1n) is 9.49. The van der Waals surface area contributed by atoms with Crippen LogP contribution < -0.4 is 4.90 Å². The molecule has 1 aromatic heterocycles. The van der Waals surface area contributed by atoms with Gasteiger partial charge in [-0.2, -0.15) is 0 Å². The van der Waals surface area contributed by atoms with Gasteiger partial charge in [-0.15, -0.1) is 11.3 Å². The summed E-state index contributed by atoms with van der Waals surface area (Å²) < 4.78 is 0.768. The van der Waals surface area contributed by atoms with Crippen molar-refractivity contribution in [3.8, 4) is 0 Å². The van der Waals surface area contributed by atoms with Gasteiger partial charge in [0.25, 0.3) is 5.91 Å². The molecule has 1 aliphatic carbocycles. The number of aryl methyl sites for hydroxylation is 1. The van der Waals surface area contributed by atoms with Crippen LogP contribution in [0.4, 0.5) is 5.69 Å². The summed E-state index contributed by atoms with van der Waals surface area (Å²) >= 11 is 5.02. The van der Waals surface area contributed by atoms with Crippen molar-refractivity contribution in [2.75, 3.05) is 4.90 Å². The predicted molar refractivity (Wildman–Crippen MR) is 116 cm³/mol. The van der Waals surface area contributed by atoms with E-state index in [4.69, 9.17) is 0 Å². The van der Waals surface area contributed by atoms with Crippen LogP contribution in [0.15, 0.2) is 64.5 Å². The summed E-state index contributed by atoms with van der Waals surface area (Å²) in [6.45, 7) is 0.380. The Hall–Kier alpha value is -2.28. The lowest BCUT2D eigenvalue weighted by Crippen LogP contribution is -2.49. The van der Waals surface area contributed by atoms with E-state index < -0.39 is 17.4 Å². The van der Waals surface area contributed by atoms with Crippen molar-refractivity contribution < 1.29 is 14.7 Å². The number of nitrogens with zero attached hydrogens (tertiary/aromatic N) is 1. The number of halogens is 1. The Morgan fingerprint density at radius 3 is 2.76 bits per heavy atom. The van der Waals surface area contributed by atoms with Crippen LogP contribution in [-0.4, -0.2) is 16.8 Å². The molecule has 2 aromatic carbocycles. The monoisotopic (exact) mass is 467 g/mol. The minimum absolute atomic E-state index is 0.161. The fourth-order valence-electron chi connectivity index (χ4n) is 4.53. The maximum absolute atomic E-state index is 13.6. The average Bonchev–Trinajstić information content (AvgIpc) is 3.31. The zero-order valence-corrected chi connectivity index (χ0v) is 17.9. The third-order valence-electron chi connectivity index (χ3n) is 5.93. The molecular weight excluding hydrogens is 450 g/mol. The summed E-state index contributed by atoms with van der Waals surface area (Å²) in [7, 11) is 0. The molecule has 146 valence electrons. The highest BCUT2D eigenvalue weighted by Crippen LogP contribution is 2.49. The van der Waals surface area contributed by atoms with Crippen molar-refractivity contribution in [2.45, 2.75) is 25.0 Å². The van der Waals surface area contributed by atoms with Gasteiger partial charge in [0.1, 0.15) is 0 Å². The van der Waals surface area contributed by atoms with Crippen LogP contribution in [0.3, 0.4) is 0 Å². The molecule has 0 radical (unpaired) electrons.